The van der Waals surface area contributed by atoms with Crippen molar-refractivity contribution < 1.29 is 9.53 Å². The van der Waals surface area contributed by atoms with Gasteiger partial charge in [-0.05, 0) is 80.8 Å². The molecular weight excluding hydrogens is 402 g/mol. The number of rotatable bonds is 7. The lowest BCUT2D eigenvalue weighted by Crippen LogP contribution is -2.25. The van der Waals surface area contributed by atoms with Crippen molar-refractivity contribution in [2.75, 3.05) is 6.54 Å². The fraction of sp³-hybridized carbons (Fsp3) is 0.364. The molecule has 2 aromatic carbocycles. The standard InChI is InChI=1S/C22H27N5O2.ClH/c1-22(2,3)21(28)29-19-11-9-18(10-12-19)20-24-26-27(25-20)15-17-7-4-6-16(14-17)8-5-13-23;/h4,6-7,9-12,14H,5,8,13,15,23H2,1-3H3;1H. The van der Waals surface area contributed by atoms with Gasteiger partial charge in [-0.2, -0.15) is 4.80 Å². The number of esters is 1. The summed E-state index contributed by atoms with van der Waals surface area (Å²) in [5.41, 5.74) is 8.23. The van der Waals surface area contributed by atoms with E-state index in [2.05, 4.69) is 27.5 Å². The number of hydrogen-bond donors (Lipinski definition) is 1. The fourth-order valence-electron chi connectivity index (χ4n) is 2.71. The van der Waals surface area contributed by atoms with Crippen molar-refractivity contribution in [3.8, 4) is 17.1 Å². The number of benzene rings is 2. The van der Waals surface area contributed by atoms with Gasteiger partial charge in [-0.1, -0.05) is 24.3 Å². The topological polar surface area (TPSA) is 95.9 Å². The number of tetrazole rings is 1. The van der Waals surface area contributed by atoms with E-state index in [4.69, 9.17) is 10.5 Å². The van der Waals surface area contributed by atoms with Crippen molar-refractivity contribution in [1.29, 1.82) is 0 Å². The van der Waals surface area contributed by atoms with Gasteiger partial charge in [0.25, 0.3) is 0 Å². The zero-order chi connectivity index (χ0) is 20.9. The van der Waals surface area contributed by atoms with Gasteiger partial charge in [-0.3, -0.25) is 4.79 Å². The Morgan fingerprint density at radius 2 is 1.80 bits per heavy atom. The molecule has 0 saturated carbocycles. The third-order valence-corrected chi connectivity index (χ3v) is 4.37. The highest BCUT2D eigenvalue weighted by Crippen LogP contribution is 2.22. The van der Waals surface area contributed by atoms with E-state index in [0.717, 1.165) is 24.0 Å². The van der Waals surface area contributed by atoms with Crippen LogP contribution < -0.4 is 10.5 Å². The average molecular weight is 430 g/mol. The summed E-state index contributed by atoms with van der Waals surface area (Å²) in [6.45, 7) is 6.69. The van der Waals surface area contributed by atoms with Gasteiger partial charge in [0.05, 0.1) is 12.0 Å². The highest BCUT2D eigenvalue weighted by molar-refractivity contribution is 5.85. The highest BCUT2D eigenvalue weighted by atomic mass is 35.5. The maximum atomic E-state index is 12.0. The van der Waals surface area contributed by atoms with Gasteiger partial charge in [0.1, 0.15) is 5.75 Å². The van der Waals surface area contributed by atoms with Crippen LogP contribution in [-0.4, -0.2) is 32.7 Å². The summed E-state index contributed by atoms with van der Waals surface area (Å²) in [5.74, 6) is 0.747. The zero-order valence-corrected chi connectivity index (χ0v) is 18.4. The largest absolute Gasteiger partial charge is 0.426 e. The normalized spacial score (nSPS) is 11.1. The summed E-state index contributed by atoms with van der Waals surface area (Å²) in [5, 5.41) is 12.8. The Hall–Kier alpha value is -2.77. The van der Waals surface area contributed by atoms with Crippen LogP contribution in [0.4, 0.5) is 0 Å². The predicted molar refractivity (Wildman–Crippen MR) is 119 cm³/mol. The Kier molecular flexibility index (Phi) is 8.08. The molecule has 0 unspecified atom stereocenters. The van der Waals surface area contributed by atoms with E-state index in [1.165, 1.54) is 5.56 Å². The van der Waals surface area contributed by atoms with Crippen molar-refractivity contribution in [3.05, 3.63) is 59.7 Å². The molecular formula is C22H28ClN5O2. The molecule has 0 aliphatic rings. The van der Waals surface area contributed by atoms with Gasteiger partial charge in [0.15, 0.2) is 0 Å². The van der Waals surface area contributed by atoms with Crippen LogP contribution in [0, 0.1) is 5.41 Å². The molecule has 0 saturated heterocycles. The van der Waals surface area contributed by atoms with E-state index in [-0.39, 0.29) is 18.4 Å². The van der Waals surface area contributed by atoms with E-state index in [0.29, 0.717) is 24.7 Å². The lowest BCUT2D eigenvalue weighted by Gasteiger charge is -2.16. The minimum absolute atomic E-state index is 0. The number of ether oxygens (including phenoxy) is 1. The molecule has 0 atom stereocenters. The third kappa shape index (κ3) is 6.37. The van der Waals surface area contributed by atoms with Crippen LogP contribution in [0.15, 0.2) is 48.5 Å². The first-order valence-corrected chi connectivity index (χ1v) is 9.73. The molecule has 0 amide bonds. The van der Waals surface area contributed by atoms with Crippen LogP contribution in [-0.2, 0) is 17.8 Å². The van der Waals surface area contributed by atoms with Crippen molar-refractivity contribution in [3.63, 3.8) is 0 Å². The van der Waals surface area contributed by atoms with Crippen molar-refractivity contribution in [1.82, 2.24) is 20.2 Å². The molecule has 0 bridgehead atoms. The molecule has 160 valence electrons. The number of halogens is 1. The summed E-state index contributed by atoms with van der Waals surface area (Å²) in [6.07, 6.45) is 1.93. The highest BCUT2D eigenvalue weighted by Gasteiger charge is 2.23. The van der Waals surface area contributed by atoms with Crippen molar-refractivity contribution in [2.24, 2.45) is 11.1 Å². The lowest BCUT2D eigenvalue weighted by atomic mass is 9.97. The van der Waals surface area contributed by atoms with Crippen LogP contribution in [0.3, 0.4) is 0 Å². The Balaban J connectivity index is 0.00000320. The number of carbonyl (C=O) groups excluding carboxylic acids is 1. The van der Waals surface area contributed by atoms with Crippen molar-refractivity contribution >= 4 is 18.4 Å². The second-order valence-electron chi connectivity index (χ2n) is 8.02. The quantitative estimate of drug-likeness (QED) is 0.455. The molecule has 0 fully saturated rings. The first kappa shape index (κ1) is 23.5. The average Bonchev–Trinajstić information content (AvgIpc) is 3.15. The second-order valence-corrected chi connectivity index (χ2v) is 8.02. The SMILES string of the molecule is CC(C)(C)C(=O)Oc1ccc(-c2nnn(Cc3cccc(CCCN)c3)n2)cc1.Cl. The minimum atomic E-state index is -0.551. The number of hydrogen-bond acceptors (Lipinski definition) is 6. The first-order chi connectivity index (χ1) is 13.8. The van der Waals surface area contributed by atoms with Gasteiger partial charge < -0.3 is 10.5 Å². The molecule has 7 nitrogen and oxygen atoms in total. The summed E-state index contributed by atoms with van der Waals surface area (Å²) in [4.78, 5) is 13.6. The molecule has 1 aromatic heterocycles. The van der Waals surface area contributed by atoms with Gasteiger partial charge in [0.2, 0.25) is 5.82 Å². The van der Waals surface area contributed by atoms with Crippen LogP contribution in [0.25, 0.3) is 11.4 Å². The number of aromatic nitrogens is 4. The fourth-order valence-corrected chi connectivity index (χ4v) is 2.71. The summed E-state index contributed by atoms with van der Waals surface area (Å²) in [6, 6.07) is 15.5. The molecule has 0 radical (unpaired) electrons. The number of nitrogens with zero attached hydrogens (tertiary/aromatic N) is 4. The van der Waals surface area contributed by atoms with E-state index in [9.17, 15) is 4.79 Å². The van der Waals surface area contributed by atoms with E-state index in [1.807, 2.05) is 45.0 Å². The zero-order valence-electron chi connectivity index (χ0n) is 17.5. The minimum Gasteiger partial charge on any atom is -0.426 e. The Labute approximate surface area is 183 Å². The van der Waals surface area contributed by atoms with E-state index >= 15 is 0 Å². The Bertz CT molecular complexity index is 964. The molecule has 0 aliphatic heterocycles. The second kappa shape index (κ2) is 10.3. The van der Waals surface area contributed by atoms with Gasteiger partial charge in [-0.25, -0.2) is 0 Å². The van der Waals surface area contributed by atoms with E-state index in [1.54, 1.807) is 16.9 Å². The summed E-state index contributed by atoms with van der Waals surface area (Å²) >= 11 is 0. The summed E-state index contributed by atoms with van der Waals surface area (Å²) in [7, 11) is 0. The van der Waals surface area contributed by atoms with E-state index < -0.39 is 5.41 Å². The number of carbonyl (C=O) groups is 1. The van der Waals surface area contributed by atoms with Gasteiger partial charge in [-0.15, -0.1) is 22.6 Å². The smallest absolute Gasteiger partial charge is 0.316 e. The molecule has 2 N–H and O–H groups in total. The number of nitrogens with two attached hydrogens (primary N) is 1. The maximum Gasteiger partial charge on any atom is 0.316 e. The van der Waals surface area contributed by atoms with Gasteiger partial charge in [0, 0.05) is 5.56 Å². The molecule has 30 heavy (non-hydrogen) atoms. The van der Waals surface area contributed by atoms with Gasteiger partial charge >= 0.3 is 5.97 Å². The first-order valence-electron chi connectivity index (χ1n) is 9.73. The number of aryl methyl sites for hydroxylation is 1. The molecule has 3 rings (SSSR count). The predicted octanol–water partition coefficient (Wildman–Crippen LogP) is 3.65. The monoisotopic (exact) mass is 429 g/mol. The molecule has 8 heteroatoms. The lowest BCUT2D eigenvalue weighted by molar-refractivity contribution is -0.142. The molecule has 1 heterocycles. The Morgan fingerprint density at radius 3 is 2.47 bits per heavy atom. The van der Waals surface area contributed by atoms with Crippen LogP contribution in [0.5, 0.6) is 5.75 Å². The molecule has 0 spiro atoms. The van der Waals surface area contributed by atoms with Crippen LogP contribution in [0.2, 0.25) is 0 Å². The Morgan fingerprint density at radius 1 is 1.10 bits per heavy atom. The summed E-state index contributed by atoms with van der Waals surface area (Å²) < 4.78 is 5.38. The van der Waals surface area contributed by atoms with Crippen molar-refractivity contribution in [2.45, 2.75) is 40.2 Å². The van der Waals surface area contributed by atoms with Crippen LogP contribution in [0.1, 0.15) is 38.3 Å². The van der Waals surface area contributed by atoms with Crippen LogP contribution >= 0.6 is 12.4 Å². The third-order valence-electron chi connectivity index (χ3n) is 4.37. The maximum absolute atomic E-state index is 12.0. The molecule has 0 aliphatic carbocycles. The molecule has 3 aromatic rings.